The molecule has 2 heteroatoms. The van der Waals surface area contributed by atoms with E-state index < -0.39 is 6.10 Å². The fraction of sp³-hybridized carbons (Fsp3) is 0.294. The predicted molar refractivity (Wildman–Crippen MR) is 77.1 cm³/mol. The van der Waals surface area contributed by atoms with Crippen LogP contribution in [0.5, 0.6) is 0 Å². The molecule has 0 spiro atoms. The third kappa shape index (κ3) is 2.86. The minimum Gasteiger partial charge on any atom is -0.385 e. The summed E-state index contributed by atoms with van der Waals surface area (Å²) < 4.78 is 5.50. The van der Waals surface area contributed by atoms with Gasteiger partial charge in [-0.1, -0.05) is 48.5 Å². The molecule has 2 rings (SSSR count). The molecule has 2 atom stereocenters. The van der Waals surface area contributed by atoms with Crippen molar-refractivity contribution in [2.75, 3.05) is 7.11 Å². The van der Waals surface area contributed by atoms with Crippen LogP contribution < -0.4 is 0 Å². The second-order valence-electron chi connectivity index (χ2n) is 4.80. The van der Waals surface area contributed by atoms with Crippen molar-refractivity contribution in [3.63, 3.8) is 0 Å². The topological polar surface area (TPSA) is 29.5 Å². The molecule has 2 aromatic carbocycles. The number of hydrogen-bond acceptors (Lipinski definition) is 2. The van der Waals surface area contributed by atoms with E-state index in [1.54, 1.807) is 7.11 Å². The average molecular weight is 256 g/mol. The van der Waals surface area contributed by atoms with Gasteiger partial charge in [0.05, 0.1) is 0 Å². The van der Waals surface area contributed by atoms with Gasteiger partial charge in [-0.15, -0.1) is 0 Å². The van der Waals surface area contributed by atoms with Crippen LogP contribution in [0.4, 0.5) is 0 Å². The van der Waals surface area contributed by atoms with E-state index in [-0.39, 0.29) is 6.10 Å². The summed E-state index contributed by atoms with van der Waals surface area (Å²) in [6, 6.07) is 15.8. The fourth-order valence-corrected chi connectivity index (χ4v) is 2.35. The number of ether oxygens (including phenoxy) is 1. The first kappa shape index (κ1) is 13.8. The van der Waals surface area contributed by atoms with Gasteiger partial charge in [-0.05, 0) is 36.1 Å². The molecule has 0 radical (unpaired) electrons. The first-order valence-corrected chi connectivity index (χ1v) is 6.47. The number of methoxy groups -OCH3 is 1. The van der Waals surface area contributed by atoms with Crippen molar-refractivity contribution in [3.05, 3.63) is 70.8 Å². The highest BCUT2D eigenvalue weighted by molar-refractivity contribution is 5.36. The lowest BCUT2D eigenvalue weighted by Gasteiger charge is -2.24. The van der Waals surface area contributed by atoms with Crippen LogP contribution in [0.15, 0.2) is 48.5 Å². The van der Waals surface area contributed by atoms with E-state index in [1.165, 1.54) is 5.56 Å². The Kier molecular flexibility index (Phi) is 4.35. The molecule has 100 valence electrons. The molecule has 1 N–H and O–H groups in total. The van der Waals surface area contributed by atoms with Crippen LogP contribution in [0.2, 0.25) is 0 Å². The van der Waals surface area contributed by atoms with Crippen LogP contribution >= 0.6 is 0 Å². The molecule has 19 heavy (non-hydrogen) atoms. The fourth-order valence-electron chi connectivity index (χ4n) is 2.35. The summed E-state index contributed by atoms with van der Waals surface area (Å²) in [5.41, 5.74) is 4.21. The number of aryl methyl sites for hydroxylation is 1. The Morgan fingerprint density at radius 3 is 2.26 bits per heavy atom. The third-order valence-electron chi connectivity index (χ3n) is 3.63. The molecule has 2 nitrogen and oxygen atoms in total. The molecule has 0 amide bonds. The van der Waals surface area contributed by atoms with Crippen molar-refractivity contribution in [3.8, 4) is 0 Å². The molecule has 2 unspecified atom stereocenters. The van der Waals surface area contributed by atoms with Crippen molar-refractivity contribution in [2.45, 2.75) is 26.1 Å². The van der Waals surface area contributed by atoms with Crippen molar-refractivity contribution in [1.82, 2.24) is 0 Å². The van der Waals surface area contributed by atoms with Gasteiger partial charge in [0, 0.05) is 7.11 Å². The number of aliphatic hydroxyl groups is 1. The first-order chi connectivity index (χ1) is 9.15. The van der Waals surface area contributed by atoms with Gasteiger partial charge in [-0.25, -0.2) is 0 Å². The van der Waals surface area contributed by atoms with E-state index >= 15 is 0 Å². The van der Waals surface area contributed by atoms with Crippen LogP contribution in [-0.4, -0.2) is 12.2 Å². The number of benzene rings is 2. The SMILES string of the molecule is COC(c1ccccc1)C(O)c1cccc(C)c1C. The van der Waals surface area contributed by atoms with Crippen molar-refractivity contribution in [1.29, 1.82) is 0 Å². The molecular weight excluding hydrogens is 236 g/mol. The molecule has 0 saturated heterocycles. The molecule has 0 bridgehead atoms. The Balaban J connectivity index is 2.36. The normalized spacial score (nSPS) is 14.1. The van der Waals surface area contributed by atoms with Gasteiger partial charge in [-0.3, -0.25) is 0 Å². The summed E-state index contributed by atoms with van der Waals surface area (Å²) >= 11 is 0. The summed E-state index contributed by atoms with van der Waals surface area (Å²) in [6.45, 7) is 4.08. The monoisotopic (exact) mass is 256 g/mol. The van der Waals surface area contributed by atoms with Gasteiger partial charge in [0.2, 0.25) is 0 Å². The molecule has 0 aromatic heterocycles. The van der Waals surface area contributed by atoms with Crippen LogP contribution in [0.1, 0.15) is 34.5 Å². The van der Waals surface area contributed by atoms with E-state index in [4.69, 9.17) is 4.74 Å². The summed E-state index contributed by atoms with van der Waals surface area (Å²) in [7, 11) is 1.63. The molecule has 0 heterocycles. The van der Waals surface area contributed by atoms with Gasteiger partial charge < -0.3 is 9.84 Å². The maximum Gasteiger partial charge on any atom is 0.112 e. The summed E-state index contributed by atoms with van der Waals surface area (Å²) in [4.78, 5) is 0. The molecule has 0 saturated carbocycles. The third-order valence-corrected chi connectivity index (χ3v) is 3.63. The number of aliphatic hydroxyl groups excluding tert-OH is 1. The zero-order valence-corrected chi connectivity index (χ0v) is 11.6. The Morgan fingerprint density at radius 1 is 0.947 bits per heavy atom. The molecule has 0 aliphatic carbocycles. The highest BCUT2D eigenvalue weighted by atomic mass is 16.5. The standard InChI is InChI=1S/C17H20O2/c1-12-8-7-11-15(13(12)2)16(18)17(19-3)14-9-5-4-6-10-14/h4-11,16-18H,1-3H3. The van der Waals surface area contributed by atoms with E-state index in [1.807, 2.05) is 49.4 Å². The molecule has 0 aliphatic heterocycles. The van der Waals surface area contributed by atoms with Crippen molar-refractivity contribution >= 4 is 0 Å². The van der Waals surface area contributed by atoms with Crippen LogP contribution in [0.25, 0.3) is 0 Å². The van der Waals surface area contributed by atoms with Gasteiger partial charge in [0.1, 0.15) is 12.2 Å². The van der Waals surface area contributed by atoms with Crippen LogP contribution in [0, 0.1) is 13.8 Å². The summed E-state index contributed by atoms with van der Waals surface area (Å²) in [5.74, 6) is 0. The summed E-state index contributed by atoms with van der Waals surface area (Å²) in [5, 5.41) is 10.6. The Hall–Kier alpha value is -1.64. The van der Waals surface area contributed by atoms with Gasteiger partial charge >= 0.3 is 0 Å². The van der Waals surface area contributed by atoms with E-state index in [0.29, 0.717) is 0 Å². The minimum atomic E-state index is -0.660. The van der Waals surface area contributed by atoms with E-state index in [0.717, 1.165) is 16.7 Å². The molecule has 0 aliphatic rings. The number of rotatable bonds is 4. The Labute approximate surface area is 114 Å². The zero-order valence-electron chi connectivity index (χ0n) is 11.6. The van der Waals surface area contributed by atoms with Crippen molar-refractivity contribution in [2.24, 2.45) is 0 Å². The Bertz CT molecular complexity index is 534. The van der Waals surface area contributed by atoms with Crippen LogP contribution in [0.3, 0.4) is 0 Å². The average Bonchev–Trinajstić information content (AvgIpc) is 2.44. The first-order valence-electron chi connectivity index (χ1n) is 6.47. The smallest absolute Gasteiger partial charge is 0.112 e. The highest BCUT2D eigenvalue weighted by Crippen LogP contribution is 2.33. The van der Waals surface area contributed by atoms with E-state index in [2.05, 4.69) is 13.0 Å². The second-order valence-corrected chi connectivity index (χ2v) is 4.80. The zero-order chi connectivity index (χ0) is 13.8. The lowest BCUT2D eigenvalue weighted by Crippen LogP contribution is -2.14. The molecule has 0 fully saturated rings. The quantitative estimate of drug-likeness (QED) is 0.903. The Morgan fingerprint density at radius 2 is 1.63 bits per heavy atom. The predicted octanol–water partition coefficient (Wildman–Crippen LogP) is 3.72. The number of hydrogen-bond donors (Lipinski definition) is 1. The largest absolute Gasteiger partial charge is 0.385 e. The highest BCUT2D eigenvalue weighted by Gasteiger charge is 2.23. The minimum absolute atomic E-state index is 0.346. The van der Waals surface area contributed by atoms with Gasteiger partial charge in [0.25, 0.3) is 0 Å². The molecular formula is C17H20O2. The maximum absolute atomic E-state index is 10.6. The molecule has 2 aromatic rings. The maximum atomic E-state index is 10.6. The summed E-state index contributed by atoms with van der Waals surface area (Å²) in [6.07, 6.45) is -1.01. The van der Waals surface area contributed by atoms with Gasteiger partial charge in [-0.2, -0.15) is 0 Å². The van der Waals surface area contributed by atoms with Crippen molar-refractivity contribution < 1.29 is 9.84 Å². The lowest BCUT2D eigenvalue weighted by atomic mass is 9.93. The van der Waals surface area contributed by atoms with Gasteiger partial charge in [0.15, 0.2) is 0 Å². The second kappa shape index (κ2) is 6.00. The lowest BCUT2D eigenvalue weighted by molar-refractivity contribution is -0.0152. The van der Waals surface area contributed by atoms with Crippen LogP contribution in [-0.2, 0) is 4.74 Å². The van der Waals surface area contributed by atoms with E-state index in [9.17, 15) is 5.11 Å².